The van der Waals surface area contributed by atoms with Gasteiger partial charge >= 0.3 is 0 Å². The van der Waals surface area contributed by atoms with Crippen molar-refractivity contribution in [2.24, 2.45) is 52.9 Å². The molecular weight excluding hydrogens is 514 g/mol. The van der Waals surface area contributed by atoms with Gasteiger partial charge in [-0.05, 0) is 107 Å². The SMILES string of the molecule is N=C(N)C1CCC2CC(C(=O)NC3CCC(N)CC3)N(CC3CCC(COCC4CNNC4)C4CCCCC34)C2C1. The van der Waals surface area contributed by atoms with Crippen LogP contribution in [0, 0.1) is 46.8 Å². The van der Waals surface area contributed by atoms with Gasteiger partial charge in [-0.3, -0.25) is 26.0 Å². The van der Waals surface area contributed by atoms with Crippen molar-refractivity contribution in [2.45, 2.75) is 114 Å². The Hall–Kier alpha value is -1.26. The minimum Gasteiger partial charge on any atom is -0.387 e. The van der Waals surface area contributed by atoms with Crippen LogP contribution in [0.25, 0.3) is 0 Å². The average Bonchev–Trinajstić information content (AvgIpc) is 3.63. The average molecular weight is 572 g/mol. The molecule has 6 fully saturated rings. The Labute approximate surface area is 247 Å². The number of carbonyl (C=O) groups is 1. The molecule has 6 aliphatic rings. The number of fused-ring (bicyclic) bond motifs is 2. The number of nitrogens with one attached hydrogen (secondary N) is 4. The minimum absolute atomic E-state index is 0.0389. The fraction of sp³-hybridized carbons (Fsp3) is 0.938. The molecule has 2 heterocycles. The minimum atomic E-state index is -0.0389. The van der Waals surface area contributed by atoms with E-state index >= 15 is 0 Å². The van der Waals surface area contributed by atoms with E-state index in [2.05, 4.69) is 21.1 Å². The van der Waals surface area contributed by atoms with Crippen LogP contribution < -0.4 is 27.6 Å². The van der Waals surface area contributed by atoms with Crippen molar-refractivity contribution < 1.29 is 9.53 Å². The molecule has 4 aliphatic carbocycles. The quantitative estimate of drug-likeness (QED) is 0.185. The van der Waals surface area contributed by atoms with E-state index in [1.54, 1.807) is 0 Å². The van der Waals surface area contributed by atoms with Crippen molar-refractivity contribution in [1.82, 2.24) is 21.1 Å². The van der Waals surface area contributed by atoms with Crippen LogP contribution >= 0.6 is 0 Å². The second-order valence-electron chi connectivity index (χ2n) is 14.7. The molecule has 9 nitrogen and oxygen atoms in total. The second kappa shape index (κ2) is 13.6. The zero-order valence-electron chi connectivity index (χ0n) is 25.2. The number of hydrogen-bond acceptors (Lipinski definition) is 7. The summed E-state index contributed by atoms with van der Waals surface area (Å²) in [6.07, 6.45) is 15.9. The van der Waals surface area contributed by atoms with Crippen molar-refractivity contribution in [3.05, 3.63) is 0 Å². The van der Waals surface area contributed by atoms with Crippen LogP contribution in [0.2, 0.25) is 0 Å². The van der Waals surface area contributed by atoms with E-state index in [9.17, 15) is 4.79 Å². The van der Waals surface area contributed by atoms with Crippen molar-refractivity contribution in [3.63, 3.8) is 0 Å². The number of nitrogens with two attached hydrogens (primary N) is 2. The predicted molar refractivity (Wildman–Crippen MR) is 162 cm³/mol. The Morgan fingerprint density at radius 3 is 2.32 bits per heavy atom. The summed E-state index contributed by atoms with van der Waals surface area (Å²) in [5.74, 6) is 4.72. The van der Waals surface area contributed by atoms with Crippen LogP contribution in [-0.4, -0.2) is 73.7 Å². The molecule has 0 aromatic carbocycles. The smallest absolute Gasteiger partial charge is 0.237 e. The van der Waals surface area contributed by atoms with Crippen LogP contribution in [0.15, 0.2) is 0 Å². The van der Waals surface area contributed by atoms with Crippen LogP contribution in [0.3, 0.4) is 0 Å². The van der Waals surface area contributed by atoms with Crippen molar-refractivity contribution >= 4 is 11.7 Å². The molecule has 2 saturated heterocycles. The number of carbonyl (C=O) groups excluding carboxylic acids is 1. The number of likely N-dealkylation sites (tertiary alicyclic amines) is 1. The maximum Gasteiger partial charge on any atom is 0.237 e. The van der Waals surface area contributed by atoms with Gasteiger partial charge in [-0.1, -0.05) is 12.8 Å². The number of amidine groups is 1. The van der Waals surface area contributed by atoms with Crippen LogP contribution in [0.5, 0.6) is 0 Å². The fourth-order valence-electron chi connectivity index (χ4n) is 9.84. The highest BCUT2D eigenvalue weighted by atomic mass is 16.5. The maximum absolute atomic E-state index is 13.9. The summed E-state index contributed by atoms with van der Waals surface area (Å²) in [4.78, 5) is 16.5. The van der Waals surface area contributed by atoms with Gasteiger partial charge in [0.15, 0.2) is 0 Å². The van der Waals surface area contributed by atoms with Crippen molar-refractivity contribution in [1.29, 1.82) is 5.41 Å². The first kappa shape index (κ1) is 29.8. The van der Waals surface area contributed by atoms with E-state index in [4.69, 9.17) is 21.6 Å². The molecule has 0 bridgehead atoms. The van der Waals surface area contributed by atoms with Gasteiger partial charge < -0.3 is 21.5 Å². The summed E-state index contributed by atoms with van der Waals surface area (Å²) in [7, 11) is 0. The van der Waals surface area contributed by atoms with Crippen LogP contribution in [0.4, 0.5) is 0 Å². The van der Waals surface area contributed by atoms with Gasteiger partial charge in [-0.2, -0.15) is 0 Å². The summed E-state index contributed by atoms with van der Waals surface area (Å²) >= 11 is 0. The number of amides is 1. The highest BCUT2D eigenvalue weighted by molar-refractivity contribution is 5.83. The van der Waals surface area contributed by atoms with Gasteiger partial charge in [-0.15, -0.1) is 0 Å². The number of rotatable bonds is 9. The molecule has 8 unspecified atom stereocenters. The summed E-state index contributed by atoms with van der Waals surface area (Å²) in [6.45, 7) is 4.81. The molecule has 0 aromatic rings. The van der Waals surface area contributed by atoms with Crippen molar-refractivity contribution in [3.8, 4) is 0 Å². The fourth-order valence-corrected chi connectivity index (χ4v) is 9.84. The third-order valence-corrected chi connectivity index (χ3v) is 12.2. The Bertz CT molecular complexity index is 889. The van der Waals surface area contributed by atoms with E-state index in [1.165, 1.54) is 38.5 Å². The second-order valence-corrected chi connectivity index (χ2v) is 14.7. The largest absolute Gasteiger partial charge is 0.387 e. The molecule has 9 heteroatoms. The normalized spacial score (nSPS) is 42.0. The lowest BCUT2D eigenvalue weighted by molar-refractivity contribution is -0.127. The summed E-state index contributed by atoms with van der Waals surface area (Å²) in [5.41, 5.74) is 18.6. The summed E-state index contributed by atoms with van der Waals surface area (Å²) in [6, 6.07) is 0.900. The van der Waals surface area contributed by atoms with Crippen LogP contribution in [0.1, 0.15) is 89.9 Å². The van der Waals surface area contributed by atoms with Gasteiger partial charge in [0.05, 0.1) is 18.5 Å². The van der Waals surface area contributed by atoms with Gasteiger partial charge in [-0.25, -0.2) is 0 Å². The highest BCUT2D eigenvalue weighted by Gasteiger charge is 2.50. The van der Waals surface area contributed by atoms with Gasteiger partial charge in [0.1, 0.15) is 0 Å². The molecule has 0 aromatic heterocycles. The molecule has 232 valence electrons. The molecule has 1 amide bonds. The van der Waals surface area contributed by atoms with Gasteiger partial charge in [0.2, 0.25) is 5.91 Å². The standard InChI is InChI=1S/C32H57N7O2/c33-25-9-11-26(12-10-25)38-32(40)30-13-21-5-6-22(31(34)35)14-29(21)39(30)17-23-7-8-24(28-4-2-1-3-27(23)28)19-41-18-20-15-36-37-16-20/h20-30,36-37H,1-19,33H2,(H3,34,35)(H,38,40). The zero-order valence-corrected chi connectivity index (χ0v) is 25.2. The zero-order chi connectivity index (χ0) is 28.3. The summed E-state index contributed by atoms with van der Waals surface area (Å²) in [5, 5.41) is 11.7. The van der Waals surface area contributed by atoms with Gasteiger partial charge in [0, 0.05) is 56.2 Å². The lowest BCUT2D eigenvalue weighted by Crippen LogP contribution is -2.53. The molecule has 0 spiro atoms. The van der Waals surface area contributed by atoms with E-state index in [0.717, 1.165) is 96.1 Å². The van der Waals surface area contributed by atoms with E-state index in [0.29, 0.717) is 41.6 Å². The lowest BCUT2D eigenvalue weighted by atomic mass is 9.61. The lowest BCUT2D eigenvalue weighted by Gasteiger charge is -2.48. The number of ether oxygens (including phenoxy) is 1. The first-order valence-electron chi connectivity index (χ1n) is 17.1. The molecule has 4 saturated carbocycles. The number of hydrogen-bond donors (Lipinski definition) is 6. The topological polar surface area (TPSA) is 142 Å². The number of nitrogens with zero attached hydrogens (tertiary/aromatic N) is 1. The molecule has 41 heavy (non-hydrogen) atoms. The molecule has 8 atom stereocenters. The molecule has 2 aliphatic heterocycles. The molecule has 8 N–H and O–H groups in total. The molecule has 0 radical (unpaired) electrons. The van der Waals surface area contributed by atoms with Crippen molar-refractivity contribution in [2.75, 3.05) is 32.8 Å². The molecular formula is C32H57N7O2. The highest BCUT2D eigenvalue weighted by Crippen LogP contribution is 2.49. The summed E-state index contributed by atoms with van der Waals surface area (Å²) < 4.78 is 6.32. The third kappa shape index (κ3) is 6.95. The maximum atomic E-state index is 13.9. The van der Waals surface area contributed by atoms with Gasteiger partial charge in [0.25, 0.3) is 0 Å². The van der Waals surface area contributed by atoms with E-state index in [-0.39, 0.29) is 23.9 Å². The Morgan fingerprint density at radius 2 is 1.59 bits per heavy atom. The van der Waals surface area contributed by atoms with E-state index in [1.807, 2.05) is 0 Å². The Kier molecular flexibility index (Phi) is 9.87. The first-order chi connectivity index (χ1) is 20.0. The Balaban J connectivity index is 1.13. The third-order valence-electron chi connectivity index (χ3n) is 12.2. The monoisotopic (exact) mass is 571 g/mol. The predicted octanol–water partition coefficient (Wildman–Crippen LogP) is 2.74. The van der Waals surface area contributed by atoms with Crippen LogP contribution in [-0.2, 0) is 9.53 Å². The van der Waals surface area contributed by atoms with E-state index < -0.39 is 0 Å². The molecule has 6 rings (SSSR count). The Morgan fingerprint density at radius 1 is 0.878 bits per heavy atom. The number of hydrazine groups is 1. The first-order valence-corrected chi connectivity index (χ1v) is 17.1.